The number of nitriles is 1. The molecule has 0 unspecified atom stereocenters. The van der Waals surface area contributed by atoms with Crippen LogP contribution in [-0.4, -0.2) is 28.4 Å². The summed E-state index contributed by atoms with van der Waals surface area (Å²) in [7, 11) is 6.26. The molecule has 0 heterocycles. The predicted octanol–water partition coefficient (Wildman–Crippen LogP) is 1.63. The van der Waals surface area contributed by atoms with E-state index in [1.807, 2.05) is 6.19 Å². The Morgan fingerprint density at radius 2 is 1.56 bits per heavy atom. The Morgan fingerprint density at radius 3 is 1.88 bits per heavy atom. The molecule has 0 fully saturated rings. The minimum absolute atomic E-state index is 0.514. The summed E-state index contributed by atoms with van der Waals surface area (Å²) < 4.78 is 15.5. The molecule has 0 saturated carbocycles. The zero-order valence-corrected chi connectivity index (χ0v) is 9.77. The lowest BCUT2D eigenvalue weighted by atomic mass is 10.2. The number of methoxy groups -OCH3 is 3. The highest BCUT2D eigenvalue weighted by molar-refractivity contribution is 5.64. The third kappa shape index (κ3) is 2.11. The van der Waals surface area contributed by atoms with Crippen LogP contribution in [0.5, 0.6) is 17.2 Å². The van der Waals surface area contributed by atoms with Crippen LogP contribution in [0.4, 0.5) is 5.69 Å². The fourth-order valence-electron chi connectivity index (χ4n) is 1.32. The zero-order chi connectivity index (χ0) is 12.1. The van der Waals surface area contributed by atoms with E-state index in [1.165, 1.54) is 26.2 Å². The Labute approximate surface area is 94.7 Å². The van der Waals surface area contributed by atoms with Crippen molar-refractivity contribution in [2.24, 2.45) is 0 Å². The third-order valence-corrected chi connectivity index (χ3v) is 2.19. The van der Waals surface area contributed by atoms with E-state index in [1.54, 1.807) is 19.2 Å². The Hall–Kier alpha value is -2.09. The molecule has 0 aliphatic rings. The maximum Gasteiger partial charge on any atom is 0.203 e. The van der Waals surface area contributed by atoms with Gasteiger partial charge < -0.3 is 14.2 Å². The number of hydrogen-bond donors (Lipinski definition) is 0. The van der Waals surface area contributed by atoms with Gasteiger partial charge in [-0.05, 0) is 0 Å². The number of rotatable bonds is 4. The molecule has 1 rings (SSSR count). The Balaban J connectivity index is 3.32. The van der Waals surface area contributed by atoms with Gasteiger partial charge in [0.15, 0.2) is 17.7 Å². The van der Waals surface area contributed by atoms with Gasteiger partial charge >= 0.3 is 0 Å². The van der Waals surface area contributed by atoms with E-state index in [9.17, 15) is 0 Å². The fourth-order valence-corrected chi connectivity index (χ4v) is 1.32. The molecule has 0 atom stereocenters. The molecule has 0 aliphatic heterocycles. The highest BCUT2D eigenvalue weighted by Gasteiger charge is 2.14. The fraction of sp³-hybridized carbons (Fsp3) is 0.364. The number of anilines is 1. The second-order valence-electron chi connectivity index (χ2n) is 3.04. The molecule has 1 aromatic rings. The van der Waals surface area contributed by atoms with Gasteiger partial charge in [-0.25, -0.2) is 0 Å². The molecular weight excluding hydrogens is 208 g/mol. The van der Waals surface area contributed by atoms with E-state index < -0.39 is 0 Å². The Bertz CT molecular complexity index is 387. The van der Waals surface area contributed by atoms with Gasteiger partial charge in [0.25, 0.3) is 0 Å². The van der Waals surface area contributed by atoms with Gasteiger partial charge in [-0.3, -0.25) is 4.90 Å². The number of hydrogen-bond acceptors (Lipinski definition) is 5. The normalized spacial score (nSPS) is 9.19. The summed E-state index contributed by atoms with van der Waals surface area (Å²) in [5, 5.41) is 8.80. The average molecular weight is 222 g/mol. The van der Waals surface area contributed by atoms with E-state index in [0.717, 1.165) is 0 Å². The highest BCUT2D eigenvalue weighted by Crippen LogP contribution is 2.40. The topological polar surface area (TPSA) is 54.7 Å². The van der Waals surface area contributed by atoms with Gasteiger partial charge in [-0.2, -0.15) is 5.26 Å². The van der Waals surface area contributed by atoms with Crippen molar-refractivity contribution in [3.63, 3.8) is 0 Å². The Morgan fingerprint density at radius 1 is 1.06 bits per heavy atom. The van der Waals surface area contributed by atoms with Crippen LogP contribution in [0.1, 0.15) is 0 Å². The molecule has 86 valence electrons. The summed E-state index contributed by atoms with van der Waals surface area (Å²) in [4.78, 5) is 1.41. The van der Waals surface area contributed by atoms with Crippen molar-refractivity contribution in [2.45, 2.75) is 0 Å². The first-order valence-corrected chi connectivity index (χ1v) is 4.61. The van der Waals surface area contributed by atoms with Gasteiger partial charge in [0.05, 0.1) is 27.0 Å². The van der Waals surface area contributed by atoms with Gasteiger partial charge in [-0.1, -0.05) is 0 Å². The Kier molecular flexibility index (Phi) is 3.84. The molecule has 5 nitrogen and oxygen atoms in total. The van der Waals surface area contributed by atoms with E-state index in [0.29, 0.717) is 22.9 Å². The van der Waals surface area contributed by atoms with Gasteiger partial charge in [-0.15, -0.1) is 0 Å². The molecule has 0 radical (unpaired) electrons. The average Bonchev–Trinajstić information content (AvgIpc) is 2.35. The SMILES string of the molecule is COc1cc(N(C)C#N)cc(OC)c1OC. The van der Waals surface area contributed by atoms with E-state index in [4.69, 9.17) is 19.5 Å². The molecule has 0 N–H and O–H groups in total. The van der Waals surface area contributed by atoms with Crippen LogP contribution in [0.2, 0.25) is 0 Å². The van der Waals surface area contributed by atoms with Crippen LogP contribution in [-0.2, 0) is 0 Å². The van der Waals surface area contributed by atoms with Crippen LogP contribution < -0.4 is 19.1 Å². The number of ether oxygens (including phenoxy) is 3. The second-order valence-corrected chi connectivity index (χ2v) is 3.04. The van der Waals surface area contributed by atoms with Crippen LogP contribution in [0.3, 0.4) is 0 Å². The monoisotopic (exact) mass is 222 g/mol. The maximum absolute atomic E-state index is 8.80. The van der Waals surface area contributed by atoms with Crippen molar-refractivity contribution in [1.29, 1.82) is 5.26 Å². The quantitative estimate of drug-likeness (QED) is 0.572. The van der Waals surface area contributed by atoms with Crippen molar-refractivity contribution in [1.82, 2.24) is 0 Å². The van der Waals surface area contributed by atoms with Gasteiger partial charge in [0.1, 0.15) is 0 Å². The summed E-state index contributed by atoms with van der Waals surface area (Å²) in [5.74, 6) is 1.57. The second kappa shape index (κ2) is 5.12. The van der Waals surface area contributed by atoms with E-state index in [-0.39, 0.29) is 0 Å². The van der Waals surface area contributed by atoms with E-state index in [2.05, 4.69) is 0 Å². The minimum atomic E-state index is 0.514. The maximum atomic E-state index is 8.80. The van der Waals surface area contributed by atoms with Crippen molar-refractivity contribution in [2.75, 3.05) is 33.3 Å². The third-order valence-electron chi connectivity index (χ3n) is 2.19. The van der Waals surface area contributed by atoms with Crippen molar-refractivity contribution in [3.05, 3.63) is 12.1 Å². The standard InChI is InChI=1S/C11H14N2O3/c1-13(7-12)8-5-9(14-2)11(16-4)10(6-8)15-3/h5-6H,1-4H3. The van der Waals surface area contributed by atoms with Crippen LogP contribution in [0.25, 0.3) is 0 Å². The minimum Gasteiger partial charge on any atom is -0.493 e. The molecule has 0 aliphatic carbocycles. The molecule has 0 amide bonds. The molecule has 0 saturated heterocycles. The van der Waals surface area contributed by atoms with E-state index >= 15 is 0 Å². The first-order chi connectivity index (χ1) is 7.67. The molecule has 5 heteroatoms. The zero-order valence-electron chi connectivity index (χ0n) is 9.77. The molecule has 0 aromatic heterocycles. The molecule has 0 bridgehead atoms. The van der Waals surface area contributed by atoms with Gasteiger partial charge in [0, 0.05) is 19.2 Å². The van der Waals surface area contributed by atoms with Crippen molar-refractivity contribution >= 4 is 5.69 Å². The van der Waals surface area contributed by atoms with Crippen LogP contribution >= 0.6 is 0 Å². The van der Waals surface area contributed by atoms with Crippen LogP contribution in [0.15, 0.2) is 12.1 Å². The van der Waals surface area contributed by atoms with Crippen molar-refractivity contribution in [3.8, 4) is 23.4 Å². The largest absolute Gasteiger partial charge is 0.493 e. The molecule has 0 spiro atoms. The lowest BCUT2D eigenvalue weighted by molar-refractivity contribution is 0.324. The molecule has 16 heavy (non-hydrogen) atoms. The first kappa shape index (κ1) is 12.0. The summed E-state index contributed by atoms with van der Waals surface area (Å²) >= 11 is 0. The summed E-state index contributed by atoms with van der Waals surface area (Å²) in [6, 6.07) is 3.43. The summed E-state index contributed by atoms with van der Waals surface area (Å²) in [6.45, 7) is 0. The first-order valence-electron chi connectivity index (χ1n) is 4.61. The molecule has 1 aromatic carbocycles. The smallest absolute Gasteiger partial charge is 0.203 e. The molecular formula is C11H14N2O3. The summed E-state index contributed by atoms with van der Waals surface area (Å²) in [5.41, 5.74) is 0.678. The van der Waals surface area contributed by atoms with Crippen LogP contribution in [0, 0.1) is 11.5 Å². The predicted molar refractivity (Wildman–Crippen MR) is 60.1 cm³/mol. The lowest BCUT2D eigenvalue weighted by Crippen LogP contribution is -2.08. The number of nitrogens with zero attached hydrogens (tertiary/aromatic N) is 2. The van der Waals surface area contributed by atoms with Gasteiger partial charge in [0.2, 0.25) is 5.75 Å². The summed E-state index contributed by atoms with van der Waals surface area (Å²) in [6.07, 6.45) is 2.00. The van der Waals surface area contributed by atoms with Crippen molar-refractivity contribution < 1.29 is 14.2 Å². The number of benzene rings is 1. The lowest BCUT2D eigenvalue weighted by Gasteiger charge is -2.16. The highest BCUT2D eigenvalue weighted by atomic mass is 16.5.